The molecule has 6 nitrogen and oxygen atoms in total. The maximum atomic E-state index is 11.6. The smallest absolute Gasteiger partial charge is 0.269 e. The number of anilines is 2. The molecule has 0 unspecified atom stereocenters. The van der Waals surface area contributed by atoms with Crippen LogP contribution in [-0.2, 0) is 8.87 Å². The summed E-state index contributed by atoms with van der Waals surface area (Å²) in [5.74, 6) is -0.174. The topological polar surface area (TPSA) is 112 Å². The zero-order valence-electron chi connectivity index (χ0n) is 7.39. The zero-order valence-corrected chi connectivity index (χ0v) is 11.3. The Labute approximate surface area is 110 Å². The lowest BCUT2D eigenvalue weighted by molar-refractivity contribution is 0.602. The van der Waals surface area contributed by atoms with Crippen LogP contribution in [0.3, 0.4) is 0 Å². The normalized spacial score (nSPS) is 12.7. The third-order valence-corrected chi connectivity index (χ3v) is 5.58. The van der Waals surface area contributed by atoms with E-state index in [9.17, 15) is 8.42 Å². The van der Waals surface area contributed by atoms with Crippen LogP contribution in [0.15, 0.2) is 11.2 Å². The summed E-state index contributed by atoms with van der Waals surface area (Å²) >= 11 is 16.0. The van der Waals surface area contributed by atoms with E-state index in [2.05, 4.69) is 9.97 Å². The molecular weight excluding hydrogens is 319 g/mol. The highest BCUT2D eigenvalue weighted by Crippen LogP contribution is 2.44. The second-order valence-electron chi connectivity index (χ2n) is 2.48. The largest absolute Gasteiger partial charge is 0.383 e. The van der Waals surface area contributed by atoms with Gasteiger partial charge >= 0.3 is 0 Å². The molecule has 0 spiro atoms. The van der Waals surface area contributed by atoms with Crippen molar-refractivity contribution in [2.45, 2.75) is 8.28 Å². The molecule has 0 aromatic carbocycles. The summed E-state index contributed by atoms with van der Waals surface area (Å²) in [7, 11) is -3.96. The molecule has 1 heterocycles. The highest BCUT2D eigenvalue weighted by atomic mass is 35.6. The van der Waals surface area contributed by atoms with Crippen LogP contribution in [0.2, 0.25) is 0 Å². The summed E-state index contributed by atoms with van der Waals surface area (Å²) in [5.41, 5.74) is 10.6. The van der Waals surface area contributed by atoms with Gasteiger partial charge in [-0.25, -0.2) is 18.4 Å². The van der Waals surface area contributed by atoms with E-state index in [4.69, 9.17) is 46.3 Å². The van der Waals surface area contributed by atoms with Crippen molar-refractivity contribution in [1.29, 1.82) is 0 Å². The van der Waals surface area contributed by atoms with E-state index in [1.165, 1.54) is 6.07 Å². The number of hydrogen-bond acceptors (Lipinski definition) is 7. The van der Waals surface area contributed by atoms with Crippen molar-refractivity contribution in [2.24, 2.45) is 0 Å². The Bertz CT molecular complexity index is 481. The first-order chi connectivity index (χ1) is 7.10. The maximum Gasteiger partial charge on any atom is 0.269 e. The van der Waals surface area contributed by atoms with Crippen molar-refractivity contribution >= 4 is 66.1 Å². The molecule has 16 heavy (non-hydrogen) atoms. The van der Waals surface area contributed by atoms with Gasteiger partial charge in [0.15, 0.2) is 0 Å². The lowest BCUT2D eigenvalue weighted by Crippen LogP contribution is -2.10. The van der Waals surface area contributed by atoms with Crippen LogP contribution in [0.25, 0.3) is 0 Å². The minimum atomic E-state index is -4.02. The van der Waals surface area contributed by atoms with Crippen molar-refractivity contribution in [2.75, 3.05) is 11.5 Å². The molecule has 0 aliphatic rings. The molecule has 0 fully saturated rings. The van der Waals surface area contributed by atoms with Crippen molar-refractivity contribution in [3.8, 4) is 0 Å². The molecule has 0 aliphatic carbocycles. The van der Waals surface area contributed by atoms with Crippen molar-refractivity contribution in [3.05, 3.63) is 6.07 Å². The number of hydrogen-bond donors (Lipinski definition) is 2. The molecule has 0 saturated heterocycles. The number of alkyl halides is 3. The van der Waals surface area contributed by atoms with Gasteiger partial charge in [-0.1, -0.05) is 34.8 Å². The van der Waals surface area contributed by atoms with Crippen molar-refractivity contribution < 1.29 is 8.42 Å². The standard InChI is InChI=1S/C5H5Cl3N4O2S2/c6-5(7,8)15-16(13,14)4-11-2(9)1-3(10)12-4/h1H,(H4,9,10,11,12). The number of rotatable bonds is 2. The fraction of sp³-hybridized carbons (Fsp3) is 0.200. The molecule has 0 saturated carbocycles. The van der Waals surface area contributed by atoms with Gasteiger partial charge in [-0.15, -0.1) is 0 Å². The predicted molar refractivity (Wildman–Crippen MR) is 65.9 cm³/mol. The SMILES string of the molecule is Nc1cc(N)nc(S(=O)(=O)SC(Cl)(Cl)Cl)n1. The monoisotopic (exact) mass is 322 g/mol. The van der Waals surface area contributed by atoms with E-state index in [0.29, 0.717) is 0 Å². The van der Waals surface area contributed by atoms with Gasteiger partial charge in [-0.05, 0) is 0 Å². The van der Waals surface area contributed by atoms with Crippen LogP contribution in [0.4, 0.5) is 11.6 Å². The molecular formula is C5H5Cl3N4O2S2. The predicted octanol–water partition coefficient (Wildman–Crippen LogP) is 1.39. The van der Waals surface area contributed by atoms with Crippen LogP contribution in [0.5, 0.6) is 0 Å². The molecule has 90 valence electrons. The van der Waals surface area contributed by atoms with Gasteiger partial charge in [0.25, 0.3) is 17.2 Å². The van der Waals surface area contributed by atoms with Gasteiger partial charge in [0.05, 0.1) is 0 Å². The van der Waals surface area contributed by atoms with E-state index >= 15 is 0 Å². The Kier molecular flexibility index (Phi) is 4.01. The summed E-state index contributed by atoms with van der Waals surface area (Å²) in [6, 6.07) is 1.21. The summed E-state index contributed by atoms with van der Waals surface area (Å²) in [6.45, 7) is 0. The third kappa shape index (κ3) is 4.02. The Morgan fingerprint density at radius 2 is 1.62 bits per heavy atom. The van der Waals surface area contributed by atoms with Crippen molar-refractivity contribution in [1.82, 2.24) is 9.97 Å². The minimum Gasteiger partial charge on any atom is -0.383 e. The number of aromatic nitrogens is 2. The Morgan fingerprint density at radius 1 is 1.19 bits per heavy atom. The maximum absolute atomic E-state index is 11.6. The first-order valence-electron chi connectivity index (χ1n) is 3.52. The Hall–Kier alpha value is -0.150. The molecule has 1 rings (SSSR count). The zero-order chi connectivity index (χ0) is 12.6. The van der Waals surface area contributed by atoms with Crippen molar-refractivity contribution in [3.63, 3.8) is 0 Å². The number of nitrogen functional groups attached to an aromatic ring is 2. The van der Waals surface area contributed by atoms with Crippen LogP contribution in [-0.4, -0.2) is 21.5 Å². The lowest BCUT2D eigenvalue weighted by Gasteiger charge is -2.09. The first-order valence-corrected chi connectivity index (χ1v) is 7.47. The number of nitrogens with zero attached hydrogens (tertiary/aromatic N) is 2. The number of nitrogens with two attached hydrogens (primary N) is 2. The fourth-order valence-electron chi connectivity index (χ4n) is 0.735. The molecule has 1 aromatic heterocycles. The molecule has 11 heteroatoms. The van der Waals surface area contributed by atoms with Gasteiger partial charge in [-0.3, -0.25) is 0 Å². The van der Waals surface area contributed by atoms with E-state index in [0.717, 1.165) is 0 Å². The van der Waals surface area contributed by atoms with Crippen LogP contribution >= 0.6 is 45.6 Å². The molecule has 0 aliphatic heterocycles. The molecule has 1 aromatic rings. The molecule has 0 amide bonds. The second-order valence-corrected chi connectivity index (χ2v) is 9.31. The second kappa shape index (κ2) is 4.61. The minimum absolute atomic E-state index is 0.0619. The van der Waals surface area contributed by atoms with E-state index in [1.807, 2.05) is 0 Å². The summed E-state index contributed by atoms with van der Waals surface area (Å²) in [6.07, 6.45) is 0. The highest BCUT2D eigenvalue weighted by molar-refractivity contribution is 8.73. The average Bonchev–Trinajstić information content (AvgIpc) is 1.96. The average molecular weight is 324 g/mol. The highest BCUT2D eigenvalue weighted by Gasteiger charge is 2.33. The van der Waals surface area contributed by atoms with Crippen LogP contribution in [0, 0.1) is 0 Å². The van der Waals surface area contributed by atoms with Crippen LogP contribution < -0.4 is 11.5 Å². The van der Waals surface area contributed by atoms with Gasteiger partial charge < -0.3 is 11.5 Å². The van der Waals surface area contributed by atoms with Gasteiger partial charge in [-0.2, -0.15) is 0 Å². The van der Waals surface area contributed by atoms with Gasteiger partial charge in [0, 0.05) is 16.9 Å². The lowest BCUT2D eigenvalue weighted by atomic mass is 10.5. The fourth-order valence-corrected chi connectivity index (χ4v) is 4.93. The first kappa shape index (κ1) is 13.9. The number of halogens is 3. The van der Waals surface area contributed by atoms with Crippen LogP contribution in [0.1, 0.15) is 0 Å². The third-order valence-electron chi connectivity index (χ3n) is 1.17. The quantitative estimate of drug-likeness (QED) is 0.480. The summed E-state index contributed by atoms with van der Waals surface area (Å²) in [5, 5.41) is -0.596. The van der Waals surface area contributed by atoms with Gasteiger partial charge in [0.1, 0.15) is 11.6 Å². The van der Waals surface area contributed by atoms with E-state index in [-0.39, 0.29) is 22.4 Å². The summed E-state index contributed by atoms with van der Waals surface area (Å²) < 4.78 is 21.2. The molecule has 0 atom stereocenters. The Balaban J connectivity index is 3.18. The summed E-state index contributed by atoms with van der Waals surface area (Å²) in [4.78, 5) is 6.98. The molecule has 4 N–H and O–H groups in total. The van der Waals surface area contributed by atoms with E-state index < -0.39 is 17.2 Å². The van der Waals surface area contributed by atoms with E-state index in [1.54, 1.807) is 0 Å². The molecule has 0 bridgehead atoms. The molecule has 0 radical (unpaired) electrons. The van der Waals surface area contributed by atoms with Gasteiger partial charge in [0.2, 0.25) is 0 Å². The Morgan fingerprint density at radius 3 is 2.00 bits per heavy atom.